The lowest BCUT2D eigenvalue weighted by Crippen LogP contribution is -2.09. The number of halogens is 3. The third-order valence-corrected chi connectivity index (χ3v) is 2.86. The summed E-state index contributed by atoms with van der Waals surface area (Å²) in [5.41, 5.74) is -1.67. The van der Waals surface area contributed by atoms with E-state index in [1.165, 1.54) is 12.1 Å². The maximum absolute atomic E-state index is 13.9. The van der Waals surface area contributed by atoms with Gasteiger partial charge in [0, 0.05) is 6.54 Å². The van der Waals surface area contributed by atoms with Gasteiger partial charge in [0.15, 0.2) is 17.5 Å². The van der Waals surface area contributed by atoms with Crippen molar-refractivity contribution < 1.29 is 13.2 Å². The molecule has 6 heteroatoms. The smallest absolute Gasteiger partial charge is 0.184 e. The zero-order chi connectivity index (χ0) is 15.4. The van der Waals surface area contributed by atoms with Crippen LogP contribution < -0.4 is 5.32 Å². The fraction of sp³-hybridized carbons (Fsp3) is 0.0667. The molecule has 0 heterocycles. The van der Waals surface area contributed by atoms with Crippen LogP contribution in [0.4, 0.5) is 18.9 Å². The van der Waals surface area contributed by atoms with Gasteiger partial charge in [-0.2, -0.15) is 10.5 Å². The molecule has 0 bridgehead atoms. The van der Waals surface area contributed by atoms with Crippen molar-refractivity contribution in [2.24, 2.45) is 0 Å². The average molecular weight is 287 g/mol. The first-order valence-electron chi connectivity index (χ1n) is 5.88. The van der Waals surface area contributed by atoms with Crippen LogP contribution in [0.25, 0.3) is 0 Å². The summed E-state index contributed by atoms with van der Waals surface area (Å²) in [4.78, 5) is 0. The summed E-state index contributed by atoms with van der Waals surface area (Å²) in [6.45, 7) is 0.0806. The summed E-state index contributed by atoms with van der Waals surface area (Å²) < 4.78 is 41.3. The molecule has 2 aromatic carbocycles. The maximum atomic E-state index is 13.9. The minimum atomic E-state index is -1.61. The highest BCUT2D eigenvalue weighted by Gasteiger charge is 2.24. The van der Waals surface area contributed by atoms with Crippen LogP contribution in [0.15, 0.2) is 30.3 Å². The molecule has 0 aliphatic heterocycles. The highest BCUT2D eigenvalue weighted by Crippen LogP contribution is 2.28. The van der Waals surface area contributed by atoms with Crippen molar-refractivity contribution in [2.45, 2.75) is 6.54 Å². The fourth-order valence-corrected chi connectivity index (χ4v) is 1.82. The molecular weight excluding hydrogens is 279 g/mol. The van der Waals surface area contributed by atoms with Gasteiger partial charge in [0.05, 0.1) is 5.69 Å². The topological polar surface area (TPSA) is 59.6 Å². The SMILES string of the molecule is N#Cc1c(F)c(F)c(NCc2ccccc2)c(C#N)c1F. The monoisotopic (exact) mass is 287 g/mol. The van der Waals surface area contributed by atoms with E-state index < -0.39 is 34.3 Å². The van der Waals surface area contributed by atoms with Crippen molar-refractivity contribution in [2.75, 3.05) is 5.32 Å². The molecule has 0 saturated carbocycles. The van der Waals surface area contributed by atoms with Crippen molar-refractivity contribution in [3.05, 3.63) is 64.5 Å². The number of hydrogen-bond acceptors (Lipinski definition) is 3. The summed E-state index contributed by atoms with van der Waals surface area (Å²) in [6, 6.07) is 11.4. The number of rotatable bonds is 3. The molecule has 0 aromatic heterocycles. The lowest BCUT2D eigenvalue weighted by atomic mass is 10.1. The summed E-state index contributed by atoms with van der Waals surface area (Å²) in [6.07, 6.45) is 0. The molecule has 0 spiro atoms. The Bertz CT molecular complexity index is 759. The molecule has 21 heavy (non-hydrogen) atoms. The van der Waals surface area contributed by atoms with Crippen LogP contribution in [-0.4, -0.2) is 0 Å². The van der Waals surface area contributed by atoms with E-state index in [9.17, 15) is 13.2 Å². The zero-order valence-corrected chi connectivity index (χ0v) is 10.6. The third-order valence-electron chi connectivity index (χ3n) is 2.86. The van der Waals surface area contributed by atoms with Gasteiger partial charge in [0.1, 0.15) is 23.3 Å². The first kappa shape index (κ1) is 14.4. The first-order valence-corrected chi connectivity index (χ1v) is 5.88. The van der Waals surface area contributed by atoms with Crippen molar-refractivity contribution >= 4 is 5.69 Å². The molecule has 0 atom stereocenters. The molecule has 0 radical (unpaired) electrons. The van der Waals surface area contributed by atoms with Gasteiger partial charge < -0.3 is 5.32 Å². The van der Waals surface area contributed by atoms with Crippen LogP contribution in [0.5, 0.6) is 0 Å². The third kappa shape index (κ3) is 2.65. The predicted octanol–water partition coefficient (Wildman–Crippen LogP) is 3.46. The standard InChI is InChI=1S/C15H8F3N3/c16-12-10(6-19)13(17)14(18)15(11(12)7-20)21-8-9-4-2-1-3-5-9/h1-5,21H,8H2. The average Bonchev–Trinajstić information content (AvgIpc) is 2.51. The molecule has 0 fully saturated rings. The van der Waals surface area contributed by atoms with Crippen molar-refractivity contribution in [3.63, 3.8) is 0 Å². The second-order valence-corrected chi connectivity index (χ2v) is 4.13. The minimum Gasteiger partial charge on any atom is -0.377 e. The van der Waals surface area contributed by atoms with Crippen LogP contribution in [0.2, 0.25) is 0 Å². The fourth-order valence-electron chi connectivity index (χ4n) is 1.82. The van der Waals surface area contributed by atoms with E-state index in [-0.39, 0.29) is 6.54 Å². The van der Waals surface area contributed by atoms with E-state index in [4.69, 9.17) is 10.5 Å². The Hall–Kier alpha value is -2.99. The molecule has 1 N–H and O–H groups in total. The Morgan fingerprint density at radius 1 is 0.857 bits per heavy atom. The highest BCUT2D eigenvalue weighted by molar-refractivity contribution is 5.62. The van der Waals surface area contributed by atoms with E-state index in [0.29, 0.717) is 0 Å². The first-order chi connectivity index (χ1) is 10.1. The molecule has 3 nitrogen and oxygen atoms in total. The molecular formula is C15H8F3N3. The zero-order valence-electron chi connectivity index (χ0n) is 10.6. The summed E-state index contributed by atoms with van der Waals surface area (Å²) in [5.74, 6) is -4.42. The number of nitriles is 2. The van der Waals surface area contributed by atoms with Crippen LogP contribution in [-0.2, 0) is 6.54 Å². The molecule has 104 valence electrons. The lowest BCUT2D eigenvalue weighted by Gasteiger charge is -2.12. The van der Waals surface area contributed by atoms with E-state index >= 15 is 0 Å². The summed E-state index contributed by atoms with van der Waals surface area (Å²) in [5, 5.41) is 20.0. The van der Waals surface area contributed by atoms with E-state index in [0.717, 1.165) is 5.56 Å². The molecule has 0 aliphatic rings. The Morgan fingerprint density at radius 3 is 2.05 bits per heavy atom. The number of hydrogen-bond donors (Lipinski definition) is 1. The van der Waals surface area contributed by atoms with Crippen molar-refractivity contribution in [1.29, 1.82) is 10.5 Å². The second-order valence-electron chi connectivity index (χ2n) is 4.13. The van der Waals surface area contributed by atoms with Gasteiger partial charge in [-0.25, -0.2) is 13.2 Å². The normalized spacial score (nSPS) is 9.76. The van der Waals surface area contributed by atoms with Crippen molar-refractivity contribution in [3.8, 4) is 12.1 Å². The van der Waals surface area contributed by atoms with E-state index in [1.807, 2.05) is 0 Å². The summed E-state index contributed by atoms with van der Waals surface area (Å²) in [7, 11) is 0. The molecule has 0 amide bonds. The van der Waals surface area contributed by atoms with Gasteiger partial charge in [-0.15, -0.1) is 0 Å². The number of benzene rings is 2. The Balaban J connectivity index is 2.45. The van der Waals surface area contributed by atoms with Crippen LogP contribution in [0.1, 0.15) is 16.7 Å². The summed E-state index contributed by atoms with van der Waals surface area (Å²) >= 11 is 0. The Labute approximate surface area is 118 Å². The molecule has 0 saturated heterocycles. The largest absolute Gasteiger partial charge is 0.377 e. The molecule has 2 rings (SSSR count). The lowest BCUT2D eigenvalue weighted by molar-refractivity contribution is 0.492. The van der Waals surface area contributed by atoms with Gasteiger partial charge in [0.2, 0.25) is 0 Å². The van der Waals surface area contributed by atoms with Gasteiger partial charge in [-0.3, -0.25) is 0 Å². The van der Waals surface area contributed by atoms with Crippen LogP contribution in [0.3, 0.4) is 0 Å². The number of anilines is 1. The predicted molar refractivity (Wildman–Crippen MR) is 69.5 cm³/mol. The quantitative estimate of drug-likeness (QED) is 0.879. The highest BCUT2D eigenvalue weighted by atomic mass is 19.2. The second kappa shape index (κ2) is 5.98. The Kier molecular flexibility index (Phi) is 4.10. The van der Waals surface area contributed by atoms with Gasteiger partial charge in [-0.05, 0) is 5.56 Å². The molecule has 0 aliphatic carbocycles. The number of nitrogens with one attached hydrogen (secondary N) is 1. The van der Waals surface area contributed by atoms with Crippen LogP contribution in [0, 0.1) is 40.1 Å². The van der Waals surface area contributed by atoms with Crippen molar-refractivity contribution in [1.82, 2.24) is 0 Å². The maximum Gasteiger partial charge on any atom is 0.184 e. The number of nitrogens with zero attached hydrogens (tertiary/aromatic N) is 2. The molecule has 2 aromatic rings. The van der Waals surface area contributed by atoms with Gasteiger partial charge in [-0.1, -0.05) is 30.3 Å². The Morgan fingerprint density at radius 2 is 1.48 bits per heavy atom. The van der Waals surface area contributed by atoms with Crippen LogP contribution >= 0.6 is 0 Å². The molecule has 0 unspecified atom stereocenters. The van der Waals surface area contributed by atoms with Gasteiger partial charge >= 0.3 is 0 Å². The van der Waals surface area contributed by atoms with Gasteiger partial charge in [0.25, 0.3) is 0 Å². The van der Waals surface area contributed by atoms with E-state index in [1.54, 1.807) is 30.3 Å². The minimum absolute atomic E-state index is 0.0806. The van der Waals surface area contributed by atoms with E-state index in [2.05, 4.69) is 5.32 Å².